The largest absolute Gasteiger partial charge is 0.337 e. The molecule has 134 valence electrons. The summed E-state index contributed by atoms with van der Waals surface area (Å²) in [6.45, 7) is 3.62. The number of hydrogen-bond acceptors (Lipinski definition) is 4. The molecule has 7 heteroatoms. The van der Waals surface area contributed by atoms with Gasteiger partial charge in [0.2, 0.25) is 0 Å². The zero-order chi connectivity index (χ0) is 17.9. The standard InChI is InChI=1S/C19H22N6O/c1-13-10-21-22-16(13)8-14-4-3-7-25(12-14)19(26)18-9-17(23-24-18)15-5-2-6-20-11-15/h2,5-6,9-11,14H,3-4,7-8,12H2,1H3,(H,21,22)(H,23,24)/t14-/m0/s1. The lowest BCUT2D eigenvalue weighted by molar-refractivity contribution is 0.0666. The van der Waals surface area contributed by atoms with E-state index in [0.717, 1.165) is 43.6 Å². The summed E-state index contributed by atoms with van der Waals surface area (Å²) in [5, 5.41) is 14.3. The molecule has 7 nitrogen and oxygen atoms in total. The number of rotatable bonds is 4. The Morgan fingerprint density at radius 3 is 3.04 bits per heavy atom. The Labute approximate surface area is 151 Å². The number of amides is 1. The van der Waals surface area contributed by atoms with Gasteiger partial charge in [0.1, 0.15) is 5.69 Å². The van der Waals surface area contributed by atoms with E-state index >= 15 is 0 Å². The van der Waals surface area contributed by atoms with E-state index < -0.39 is 0 Å². The molecule has 0 spiro atoms. The number of pyridine rings is 1. The topological polar surface area (TPSA) is 90.6 Å². The third-order valence-electron chi connectivity index (χ3n) is 5.00. The van der Waals surface area contributed by atoms with Crippen LogP contribution in [0.5, 0.6) is 0 Å². The van der Waals surface area contributed by atoms with Gasteiger partial charge in [-0.25, -0.2) is 0 Å². The molecule has 1 aliphatic heterocycles. The first-order valence-electron chi connectivity index (χ1n) is 8.94. The van der Waals surface area contributed by atoms with Crippen LogP contribution in [0.25, 0.3) is 11.3 Å². The number of aryl methyl sites for hydroxylation is 1. The molecular weight excluding hydrogens is 328 g/mol. The molecule has 3 aromatic rings. The first-order chi connectivity index (χ1) is 12.7. The highest BCUT2D eigenvalue weighted by Crippen LogP contribution is 2.23. The van der Waals surface area contributed by atoms with E-state index in [0.29, 0.717) is 11.6 Å². The van der Waals surface area contributed by atoms with Crippen molar-refractivity contribution < 1.29 is 4.79 Å². The lowest BCUT2D eigenvalue weighted by atomic mass is 9.92. The number of carbonyl (C=O) groups excluding carboxylic acids is 1. The number of H-pyrrole nitrogens is 2. The fourth-order valence-corrected chi connectivity index (χ4v) is 3.55. The molecule has 1 aliphatic rings. The molecule has 0 aromatic carbocycles. The van der Waals surface area contributed by atoms with Crippen LogP contribution < -0.4 is 0 Å². The Bertz CT molecular complexity index is 884. The van der Waals surface area contributed by atoms with Crippen LogP contribution in [0.3, 0.4) is 0 Å². The molecule has 0 radical (unpaired) electrons. The Kier molecular flexibility index (Phi) is 4.51. The molecule has 0 aliphatic carbocycles. The monoisotopic (exact) mass is 350 g/mol. The third-order valence-corrected chi connectivity index (χ3v) is 5.00. The van der Waals surface area contributed by atoms with Crippen LogP contribution in [-0.2, 0) is 6.42 Å². The van der Waals surface area contributed by atoms with Crippen molar-refractivity contribution in [3.8, 4) is 11.3 Å². The highest BCUT2D eigenvalue weighted by molar-refractivity contribution is 5.93. The Hall–Kier alpha value is -2.96. The number of nitrogens with zero attached hydrogens (tertiary/aromatic N) is 4. The molecule has 0 bridgehead atoms. The number of aromatic nitrogens is 5. The fraction of sp³-hybridized carbons (Fsp3) is 0.368. The van der Waals surface area contributed by atoms with E-state index in [1.165, 1.54) is 11.3 Å². The SMILES string of the molecule is Cc1cn[nH]c1C[C@@H]1CCCN(C(=O)c2cc(-c3cccnc3)n[nH]2)C1. The number of nitrogens with one attached hydrogen (secondary N) is 2. The molecule has 3 aromatic heterocycles. The number of carbonyl (C=O) groups is 1. The van der Waals surface area contributed by atoms with Crippen molar-refractivity contribution in [2.45, 2.75) is 26.2 Å². The number of hydrogen-bond donors (Lipinski definition) is 2. The number of likely N-dealkylation sites (tertiary alicyclic amines) is 1. The van der Waals surface area contributed by atoms with Crippen LogP contribution in [0, 0.1) is 12.8 Å². The van der Waals surface area contributed by atoms with Gasteiger partial charge in [-0.05, 0) is 55.9 Å². The molecule has 26 heavy (non-hydrogen) atoms. The lowest BCUT2D eigenvalue weighted by Gasteiger charge is -2.32. The summed E-state index contributed by atoms with van der Waals surface area (Å²) in [5.41, 5.74) is 4.52. The Morgan fingerprint density at radius 1 is 1.35 bits per heavy atom. The highest BCUT2D eigenvalue weighted by Gasteiger charge is 2.26. The summed E-state index contributed by atoms with van der Waals surface area (Å²) in [6.07, 6.45) is 8.40. The molecular formula is C19H22N6O. The molecule has 4 heterocycles. The first-order valence-corrected chi connectivity index (χ1v) is 8.94. The zero-order valence-electron chi connectivity index (χ0n) is 14.8. The normalized spacial score (nSPS) is 17.4. The van der Waals surface area contributed by atoms with Crippen LogP contribution in [0.4, 0.5) is 0 Å². The minimum atomic E-state index is 0.0127. The van der Waals surface area contributed by atoms with Gasteiger partial charge in [-0.2, -0.15) is 10.2 Å². The van der Waals surface area contributed by atoms with Gasteiger partial charge in [0.05, 0.1) is 11.9 Å². The number of piperidine rings is 1. The summed E-state index contributed by atoms with van der Waals surface area (Å²) < 4.78 is 0. The van der Waals surface area contributed by atoms with Crippen molar-refractivity contribution in [2.75, 3.05) is 13.1 Å². The lowest BCUT2D eigenvalue weighted by Crippen LogP contribution is -2.40. The predicted octanol–water partition coefficient (Wildman–Crippen LogP) is 2.60. The molecule has 1 atom stereocenters. The van der Waals surface area contributed by atoms with Crippen LogP contribution in [-0.4, -0.2) is 49.3 Å². The van der Waals surface area contributed by atoms with Crippen molar-refractivity contribution in [1.29, 1.82) is 0 Å². The fourth-order valence-electron chi connectivity index (χ4n) is 3.55. The van der Waals surface area contributed by atoms with Crippen LogP contribution in [0.15, 0.2) is 36.8 Å². The molecule has 1 amide bonds. The van der Waals surface area contributed by atoms with E-state index in [1.807, 2.05) is 29.3 Å². The minimum Gasteiger partial charge on any atom is -0.337 e. The molecule has 4 rings (SSSR count). The average molecular weight is 350 g/mol. The predicted molar refractivity (Wildman–Crippen MR) is 97.5 cm³/mol. The van der Waals surface area contributed by atoms with Gasteiger partial charge in [0.25, 0.3) is 5.91 Å². The van der Waals surface area contributed by atoms with Crippen molar-refractivity contribution in [2.24, 2.45) is 5.92 Å². The second-order valence-corrected chi connectivity index (χ2v) is 6.90. The Balaban J connectivity index is 1.44. The van der Waals surface area contributed by atoms with Crippen LogP contribution >= 0.6 is 0 Å². The maximum Gasteiger partial charge on any atom is 0.271 e. The molecule has 0 unspecified atom stereocenters. The van der Waals surface area contributed by atoms with Gasteiger partial charge in [-0.15, -0.1) is 0 Å². The van der Waals surface area contributed by atoms with E-state index in [-0.39, 0.29) is 5.91 Å². The summed E-state index contributed by atoms with van der Waals surface area (Å²) in [7, 11) is 0. The molecule has 2 N–H and O–H groups in total. The van der Waals surface area contributed by atoms with E-state index in [4.69, 9.17) is 0 Å². The van der Waals surface area contributed by atoms with E-state index in [1.54, 1.807) is 12.4 Å². The molecule has 0 saturated carbocycles. The van der Waals surface area contributed by atoms with Gasteiger partial charge in [0.15, 0.2) is 0 Å². The highest BCUT2D eigenvalue weighted by atomic mass is 16.2. The smallest absolute Gasteiger partial charge is 0.271 e. The zero-order valence-corrected chi connectivity index (χ0v) is 14.8. The van der Waals surface area contributed by atoms with Gasteiger partial charge < -0.3 is 4.90 Å². The average Bonchev–Trinajstić information content (AvgIpc) is 3.32. The van der Waals surface area contributed by atoms with E-state index in [9.17, 15) is 4.79 Å². The molecule has 1 saturated heterocycles. The second-order valence-electron chi connectivity index (χ2n) is 6.90. The summed E-state index contributed by atoms with van der Waals surface area (Å²) in [5.74, 6) is 0.464. The van der Waals surface area contributed by atoms with Gasteiger partial charge >= 0.3 is 0 Å². The maximum atomic E-state index is 12.9. The van der Waals surface area contributed by atoms with Crippen molar-refractivity contribution in [1.82, 2.24) is 30.3 Å². The summed E-state index contributed by atoms with van der Waals surface area (Å²) >= 11 is 0. The summed E-state index contributed by atoms with van der Waals surface area (Å²) in [4.78, 5) is 18.9. The van der Waals surface area contributed by atoms with Gasteiger partial charge in [-0.1, -0.05) is 0 Å². The Morgan fingerprint density at radius 2 is 2.27 bits per heavy atom. The van der Waals surface area contributed by atoms with Gasteiger partial charge in [-0.3, -0.25) is 20.0 Å². The molecule has 1 fully saturated rings. The van der Waals surface area contributed by atoms with Gasteiger partial charge in [0, 0.05) is 36.7 Å². The maximum absolute atomic E-state index is 12.9. The van der Waals surface area contributed by atoms with Crippen molar-refractivity contribution >= 4 is 5.91 Å². The summed E-state index contributed by atoms with van der Waals surface area (Å²) in [6, 6.07) is 5.60. The van der Waals surface area contributed by atoms with Crippen LogP contribution in [0.1, 0.15) is 34.6 Å². The minimum absolute atomic E-state index is 0.0127. The van der Waals surface area contributed by atoms with E-state index in [2.05, 4.69) is 32.3 Å². The van der Waals surface area contributed by atoms with Crippen molar-refractivity contribution in [3.63, 3.8) is 0 Å². The van der Waals surface area contributed by atoms with Crippen LogP contribution in [0.2, 0.25) is 0 Å². The van der Waals surface area contributed by atoms with Crippen molar-refractivity contribution in [3.05, 3.63) is 53.7 Å². The quantitative estimate of drug-likeness (QED) is 0.757. The number of aromatic amines is 2. The first kappa shape index (κ1) is 16.5. The third kappa shape index (κ3) is 3.37. The second kappa shape index (κ2) is 7.11.